The highest BCUT2D eigenvalue weighted by Crippen LogP contribution is 2.24. The van der Waals surface area contributed by atoms with Gasteiger partial charge in [-0.3, -0.25) is 0 Å². The van der Waals surface area contributed by atoms with Crippen LogP contribution in [0, 0.1) is 13.8 Å². The average molecular weight is 427 g/mol. The van der Waals surface area contributed by atoms with E-state index in [2.05, 4.69) is 13.7 Å². The molecule has 0 saturated heterocycles. The lowest BCUT2D eigenvalue weighted by Crippen LogP contribution is -2.36. The van der Waals surface area contributed by atoms with Crippen LogP contribution in [0.25, 0.3) is 5.65 Å². The minimum atomic E-state index is -4.70. The average Bonchev–Trinajstić information content (AvgIpc) is 2.99. The fraction of sp³-hybridized carbons (Fsp3) is 0.208. The molecule has 2 aromatic carbocycles. The molecule has 0 aliphatic heterocycles. The number of aromatic nitrogens is 2. The lowest BCUT2D eigenvalue weighted by molar-refractivity contribution is -0.668. The topological polar surface area (TPSA) is 26.8 Å². The molecule has 7 heteroatoms. The number of fused-ring (bicyclic) bond motifs is 1. The van der Waals surface area contributed by atoms with E-state index in [-0.39, 0.29) is 5.75 Å². The molecular weight excluding hydrogens is 405 g/mol. The predicted octanol–water partition coefficient (Wildman–Crippen LogP) is 5.37. The number of ether oxygens (including phenoxy) is 2. The highest BCUT2D eigenvalue weighted by Gasteiger charge is 2.31. The molecule has 0 unspecified atom stereocenters. The number of hydrogen-bond donors (Lipinski definition) is 0. The number of rotatable bonds is 6. The SMILES string of the molecule is Cc1c(C)[n+](Cc2ccc(OC(F)(F)F)cc2)c2c(OCc3ccccc3)cccn12. The van der Waals surface area contributed by atoms with Gasteiger partial charge in [0.1, 0.15) is 30.3 Å². The number of aryl methyl sites for hydroxylation is 1. The first-order valence-corrected chi connectivity index (χ1v) is 9.83. The van der Waals surface area contributed by atoms with Crippen molar-refractivity contribution in [2.45, 2.75) is 33.4 Å². The molecule has 0 atom stereocenters. The fourth-order valence-corrected chi connectivity index (χ4v) is 3.56. The number of alkyl halides is 3. The number of hydrogen-bond acceptors (Lipinski definition) is 2. The quantitative estimate of drug-likeness (QED) is 0.387. The maximum atomic E-state index is 12.4. The predicted molar refractivity (Wildman–Crippen MR) is 110 cm³/mol. The molecule has 0 amide bonds. The van der Waals surface area contributed by atoms with Crippen LogP contribution in [0.4, 0.5) is 13.2 Å². The van der Waals surface area contributed by atoms with E-state index in [0.29, 0.717) is 13.2 Å². The minimum absolute atomic E-state index is 0.234. The van der Waals surface area contributed by atoms with Crippen molar-refractivity contribution in [3.63, 3.8) is 0 Å². The Morgan fingerprint density at radius 1 is 0.871 bits per heavy atom. The Kier molecular flexibility index (Phi) is 5.59. The molecule has 0 radical (unpaired) electrons. The van der Waals surface area contributed by atoms with Gasteiger partial charge >= 0.3 is 12.0 Å². The number of pyridine rings is 1. The fourth-order valence-electron chi connectivity index (χ4n) is 3.56. The minimum Gasteiger partial charge on any atom is -0.481 e. The summed E-state index contributed by atoms with van der Waals surface area (Å²) in [4.78, 5) is 0. The molecule has 0 bridgehead atoms. The van der Waals surface area contributed by atoms with E-state index in [1.165, 1.54) is 12.1 Å². The Labute approximate surface area is 178 Å². The molecular formula is C24H22F3N2O2+. The van der Waals surface area contributed by atoms with E-state index in [1.54, 1.807) is 12.1 Å². The smallest absolute Gasteiger partial charge is 0.481 e. The van der Waals surface area contributed by atoms with Gasteiger partial charge in [0.25, 0.3) is 0 Å². The summed E-state index contributed by atoms with van der Waals surface area (Å²) in [5.41, 5.74) is 4.93. The number of nitrogens with zero attached hydrogens (tertiary/aromatic N) is 2. The van der Waals surface area contributed by atoms with Crippen LogP contribution < -0.4 is 14.0 Å². The van der Waals surface area contributed by atoms with Gasteiger partial charge in [0.05, 0.1) is 6.20 Å². The van der Waals surface area contributed by atoms with Gasteiger partial charge in [0.15, 0.2) is 0 Å². The molecule has 0 fully saturated rings. The Morgan fingerprint density at radius 2 is 1.58 bits per heavy atom. The molecule has 4 nitrogen and oxygen atoms in total. The van der Waals surface area contributed by atoms with Gasteiger partial charge in [-0.2, -0.15) is 4.40 Å². The van der Waals surface area contributed by atoms with Gasteiger partial charge < -0.3 is 9.47 Å². The van der Waals surface area contributed by atoms with Crippen molar-refractivity contribution in [3.8, 4) is 11.5 Å². The van der Waals surface area contributed by atoms with Crippen molar-refractivity contribution in [2.24, 2.45) is 0 Å². The van der Waals surface area contributed by atoms with Gasteiger partial charge in [-0.05, 0) is 35.4 Å². The van der Waals surface area contributed by atoms with Crippen molar-refractivity contribution in [1.29, 1.82) is 0 Å². The van der Waals surface area contributed by atoms with Crippen molar-refractivity contribution in [2.75, 3.05) is 0 Å². The van der Waals surface area contributed by atoms with Crippen LogP contribution in [-0.2, 0) is 13.2 Å². The summed E-state index contributed by atoms with van der Waals surface area (Å²) >= 11 is 0. The molecule has 4 aromatic rings. The first kappa shape index (κ1) is 20.8. The third kappa shape index (κ3) is 4.66. The second kappa shape index (κ2) is 8.34. The summed E-state index contributed by atoms with van der Waals surface area (Å²) in [7, 11) is 0. The van der Waals surface area contributed by atoms with Crippen LogP contribution in [-0.4, -0.2) is 10.8 Å². The van der Waals surface area contributed by atoms with Crippen molar-refractivity contribution >= 4 is 5.65 Å². The molecule has 0 saturated carbocycles. The second-order valence-corrected chi connectivity index (χ2v) is 7.29. The lowest BCUT2D eigenvalue weighted by atomic mass is 10.2. The van der Waals surface area contributed by atoms with Crippen molar-refractivity contribution in [1.82, 2.24) is 4.40 Å². The molecule has 0 N–H and O–H groups in total. The van der Waals surface area contributed by atoms with Crippen LogP contribution in [0.15, 0.2) is 72.9 Å². The zero-order chi connectivity index (χ0) is 22.0. The maximum Gasteiger partial charge on any atom is 0.573 e. The number of imidazole rings is 1. The zero-order valence-corrected chi connectivity index (χ0v) is 17.2. The standard InChI is InChI=1S/C24H22F3N2O2/c1-17-18(2)29(15-19-10-12-21(13-11-19)31-24(25,26)27)23-22(9-6-14-28(17)23)30-16-20-7-4-3-5-8-20/h3-14H,15-16H2,1-2H3/q+1. The van der Waals surface area contributed by atoms with Crippen LogP contribution in [0.5, 0.6) is 11.5 Å². The molecule has 0 aliphatic rings. The Hall–Kier alpha value is -3.48. The molecule has 2 aromatic heterocycles. The van der Waals surface area contributed by atoms with Crippen LogP contribution in [0.3, 0.4) is 0 Å². The molecule has 0 aliphatic carbocycles. The van der Waals surface area contributed by atoms with Gasteiger partial charge in [0, 0.05) is 13.8 Å². The van der Waals surface area contributed by atoms with Crippen LogP contribution >= 0.6 is 0 Å². The molecule has 2 heterocycles. The Balaban J connectivity index is 1.65. The van der Waals surface area contributed by atoms with Gasteiger partial charge in [0.2, 0.25) is 5.75 Å². The van der Waals surface area contributed by atoms with E-state index in [4.69, 9.17) is 4.74 Å². The zero-order valence-electron chi connectivity index (χ0n) is 17.2. The van der Waals surface area contributed by atoms with E-state index in [0.717, 1.165) is 33.9 Å². The highest BCUT2D eigenvalue weighted by atomic mass is 19.4. The maximum absolute atomic E-state index is 12.4. The van der Waals surface area contributed by atoms with E-state index >= 15 is 0 Å². The van der Waals surface area contributed by atoms with E-state index in [9.17, 15) is 13.2 Å². The molecule has 31 heavy (non-hydrogen) atoms. The van der Waals surface area contributed by atoms with Crippen LogP contribution in [0.1, 0.15) is 22.5 Å². The van der Waals surface area contributed by atoms with Gasteiger partial charge in [-0.15, -0.1) is 13.2 Å². The Bertz CT molecular complexity index is 1180. The summed E-state index contributed by atoms with van der Waals surface area (Å²) < 4.78 is 51.5. The third-order valence-electron chi connectivity index (χ3n) is 5.21. The monoisotopic (exact) mass is 427 g/mol. The number of halogens is 3. The summed E-state index contributed by atoms with van der Waals surface area (Å²) in [6, 6.07) is 19.7. The lowest BCUT2D eigenvalue weighted by Gasteiger charge is -2.09. The van der Waals surface area contributed by atoms with E-state index < -0.39 is 6.36 Å². The molecule has 4 rings (SSSR count). The highest BCUT2D eigenvalue weighted by molar-refractivity contribution is 5.51. The summed E-state index contributed by atoms with van der Waals surface area (Å²) in [5, 5.41) is 0. The van der Waals surface area contributed by atoms with Crippen molar-refractivity contribution < 1.29 is 27.2 Å². The number of benzene rings is 2. The van der Waals surface area contributed by atoms with E-state index in [1.807, 2.05) is 62.5 Å². The summed E-state index contributed by atoms with van der Waals surface area (Å²) in [6.07, 6.45) is -2.72. The first-order valence-electron chi connectivity index (χ1n) is 9.83. The third-order valence-corrected chi connectivity index (χ3v) is 5.21. The molecule has 0 spiro atoms. The molecule has 160 valence electrons. The first-order chi connectivity index (χ1) is 14.8. The van der Waals surface area contributed by atoms with Gasteiger partial charge in [-0.1, -0.05) is 42.5 Å². The normalized spacial score (nSPS) is 11.6. The van der Waals surface area contributed by atoms with Crippen molar-refractivity contribution in [3.05, 3.63) is 95.4 Å². The van der Waals surface area contributed by atoms with Gasteiger partial charge in [-0.25, -0.2) is 4.57 Å². The Morgan fingerprint density at radius 3 is 2.26 bits per heavy atom. The largest absolute Gasteiger partial charge is 0.573 e. The van der Waals surface area contributed by atoms with Crippen LogP contribution in [0.2, 0.25) is 0 Å². The summed E-state index contributed by atoms with van der Waals surface area (Å²) in [6.45, 7) is 4.97. The second-order valence-electron chi connectivity index (χ2n) is 7.29. The summed E-state index contributed by atoms with van der Waals surface area (Å²) in [5.74, 6) is 0.502.